The largest absolute Gasteiger partial charge is 0.273 e. The molecule has 0 unspecified atom stereocenters. The van der Waals surface area contributed by atoms with Gasteiger partial charge >= 0.3 is 0 Å². The number of aryl methyl sites for hydroxylation is 1. The zero-order valence-electron chi connectivity index (χ0n) is 17.0. The van der Waals surface area contributed by atoms with E-state index in [1.165, 1.54) is 5.06 Å². The summed E-state index contributed by atoms with van der Waals surface area (Å²) < 4.78 is 28.5. The number of rotatable bonds is 4. The first kappa shape index (κ1) is 20.3. The van der Waals surface area contributed by atoms with Gasteiger partial charge in [-0.2, -0.15) is 4.31 Å². The number of hydroxylamine groups is 2. The molecule has 0 bridgehead atoms. The highest BCUT2D eigenvalue weighted by atomic mass is 32.2. The lowest BCUT2D eigenvalue weighted by molar-refractivity contribution is -0.209. The van der Waals surface area contributed by atoms with Gasteiger partial charge in [-0.05, 0) is 38.8 Å². The number of amides is 1. The first-order chi connectivity index (χ1) is 12.5. The third-order valence-electron chi connectivity index (χ3n) is 5.83. The molecule has 0 saturated carbocycles. The van der Waals surface area contributed by atoms with Gasteiger partial charge in [0, 0.05) is 18.9 Å². The molecule has 1 aromatic rings. The van der Waals surface area contributed by atoms with Gasteiger partial charge in [0.15, 0.2) is 0 Å². The average molecular weight is 395 g/mol. The minimum Gasteiger partial charge on any atom is -0.273 e. The Kier molecular flexibility index (Phi) is 5.16. The lowest BCUT2D eigenvalue weighted by atomic mass is 9.83. The van der Waals surface area contributed by atoms with Gasteiger partial charge in [0.1, 0.15) is 0 Å². The van der Waals surface area contributed by atoms with Crippen molar-refractivity contribution < 1.29 is 18.0 Å². The molecule has 1 amide bonds. The van der Waals surface area contributed by atoms with Gasteiger partial charge in [0.2, 0.25) is 15.9 Å². The number of carbonyl (C=O) groups is 1. The van der Waals surface area contributed by atoms with Crippen molar-refractivity contribution in [1.82, 2.24) is 9.37 Å². The fourth-order valence-electron chi connectivity index (χ4n) is 4.35. The number of hydrogen-bond acceptors (Lipinski definition) is 4. The van der Waals surface area contributed by atoms with Crippen LogP contribution in [0.1, 0.15) is 46.6 Å². The summed E-state index contributed by atoms with van der Waals surface area (Å²) in [7, 11) is -3.66. The molecule has 1 aromatic carbocycles. The Bertz CT molecular complexity index is 817. The molecule has 0 N–H and O–H groups in total. The van der Waals surface area contributed by atoms with Crippen LogP contribution in [0.3, 0.4) is 0 Å². The summed E-state index contributed by atoms with van der Waals surface area (Å²) in [6.07, 6.45) is 0.328. The normalized spacial score (nSPS) is 28.0. The molecule has 150 valence electrons. The maximum atomic E-state index is 13.4. The van der Waals surface area contributed by atoms with E-state index in [9.17, 15) is 13.2 Å². The van der Waals surface area contributed by atoms with Crippen molar-refractivity contribution in [1.29, 1.82) is 0 Å². The molecule has 0 aliphatic carbocycles. The van der Waals surface area contributed by atoms with Crippen LogP contribution in [0.4, 0.5) is 0 Å². The number of nitrogens with zero attached hydrogens (tertiary/aromatic N) is 2. The maximum absolute atomic E-state index is 13.4. The fraction of sp³-hybridized carbons (Fsp3) is 0.650. The smallest absolute Gasteiger partial charge is 0.246 e. The van der Waals surface area contributed by atoms with Crippen LogP contribution in [-0.2, 0) is 19.7 Å². The van der Waals surface area contributed by atoms with E-state index in [1.54, 1.807) is 23.4 Å². The molecule has 2 aliphatic heterocycles. The summed E-state index contributed by atoms with van der Waals surface area (Å²) in [6, 6.07) is 6.35. The minimum absolute atomic E-state index is 0.0462. The van der Waals surface area contributed by atoms with Crippen LogP contribution in [0.2, 0.25) is 0 Å². The van der Waals surface area contributed by atoms with Crippen LogP contribution in [-0.4, -0.2) is 47.9 Å². The van der Waals surface area contributed by atoms with Crippen LogP contribution in [0.15, 0.2) is 29.2 Å². The molecule has 0 spiro atoms. The van der Waals surface area contributed by atoms with E-state index in [0.29, 0.717) is 17.9 Å². The predicted octanol–water partition coefficient (Wildman–Crippen LogP) is 2.97. The highest BCUT2D eigenvalue weighted by Gasteiger charge is 2.61. The molecule has 6 nitrogen and oxygen atoms in total. The number of sulfonamides is 1. The summed E-state index contributed by atoms with van der Waals surface area (Å²) in [6.45, 7) is 12.0. The number of fused-ring (bicyclic) bond motifs is 1. The molecule has 27 heavy (non-hydrogen) atoms. The quantitative estimate of drug-likeness (QED) is 0.787. The van der Waals surface area contributed by atoms with Crippen molar-refractivity contribution in [3.8, 4) is 0 Å². The summed E-state index contributed by atoms with van der Waals surface area (Å²) >= 11 is 0. The average Bonchev–Trinajstić information content (AvgIpc) is 3.11. The van der Waals surface area contributed by atoms with E-state index in [0.717, 1.165) is 5.56 Å². The highest BCUT2D eigenvalue weighted by molar-refractivity contribution is 7.89. The van der Waals surface area contributed by atoms with E-state index >= 15 is 0 Å². The molecule has 2 heterocycles. The molecule has 2 aliphatic rings. The lowest BCUT2D eigenvalue weighted by Crippen LogP contribution is -2.50. The monoisotopic (exact) mass is 394 g/mol. The molecule has 3 rings (SSSR count). The second kappa shape index (κ2) is 6.87. The SMILES string of the molecule is CCC(=O)N1OC(C)(C)[C@@H]2CN(S(=O)(=O)c3ccc(C)cc3)[C@@H](C(C)C)[C@@H]21. The van der Waals surface area contributed by atoms with Crippen LogP contribution in [0, 0.1) is 18.8 Å². The molecule has 2 saturated heterocycles. The van der Waals surface area contributed by atoms with Gasteiger partial charge in [-0.25, -0.2) is 13.5 Å². The first-order valence-electron chi connectivity index (χ1n) is 9.60. The number of benzene rings is 1. The molecule has 0 radical (unpaired) electrons. The van der Waals surface area contributed by atoms with Crippen molar-refractivity contribution in [3.05, 3.63) is 29.8 Å². The maximum Gasteiger partial charge on any atom is 0.246 e. The van der Waals surface area contributed by atoms with E-state index in [4.69, 9.17) is 4.84 Å². The van der Waals surface area contributed by atoms with Crippen LogP contribution < -0.4 is 0 Å². The van der Waals surface area contributed by atoms with Crippen LogP contribution in [0.25, 0.3) is 0 Å². The van der Waals surface area contributed by atoms with Crippen molar-refractivity contribution >= 4 is 15.9 Å². The summed E-state index contributed by atoms with van der Waals surface area (Å²) in [4.78, 5) is 18.8. The Morgan fingerprint density at radius 1 is 1.26 bits per heavy atom. The Balaban J connectivity index is 2.05. The Morgan fingerprint density at radius 2 is 1.85 bits per heavy atom. The van der Waals surface area contributed by atoms with Gasteiger partial charge in [0.25, 0.3) is 0 Å². The first-order valence-corrected chi connectivity index (χ1v) is 11.0. The highest BCUT2D eigenvalue weighted by Crippen LogP contribution is 2.47. The molecular weight excluding hydrogens is 364 g/mol. The Labute approximate surface area is 162 Å². The Hall–Kier alpha value is -1.44. The van der Waals surface area contributed by atoms with Gasteiger partial charge in [-0.1, -0.05) is 38.5 Å². The number of carbonyl (C=O) groups excluding carboxylic acids is 1. The van der Waals surface area contributed by atoms with Crippen molar-refractivity contribution in [2.75, 3.05) is 6.54 Å². The Morgan fingerprint density at radius 3 is 2.37 bits per heavy atom. The summed E-state index contributed by atoms with van der Waals surface area (Å²) in [5, 5.41) is 1.46. The van der Waals surface area contributed by atoms with Crippen molar-refractivity contribution in [2.24, 2.45) is 11.8 Å². The van der Waals surface area contributed by atoms with E-state index in [2.05, 4.69) is 0 Å². The van der Waals surface area contributed by atoms with Gasteiger partial charge < -0.3 is 0 Å². The van der Waals surface area contributed by atoms with Crippen LogP contribution in [0.5, 0.6) is 0 Å². The van der Waals surface area contributed by atoms with Crippen molar-refractivity contribution in [2.45, 2.75) is 70.5 Å². The fourth-order valence-corrected chi connectivity index (χ4v) is 6.15. The van der Waals surface area contributed by atoms with Crippen molar-refractivity contribution in [3.63, 3.8) is 0 Å². The van der Waals surface area contributed by atoms with E-state index in [1.807, 2.05) is 46.8 Å². The van der Waals surface area contributed by atoms with Gasteiger partial charge in [-0.15, -0.1) is 0 Å². The van der Waals surface area contributed by atoms with E-state index in [-0.39, 0.29) is 29.8 Å². The summed E-state index contributed by atoms with van der Waals surface area (Å²) in [5.41, 5.74) is 0.419. The van der Waals surface area contributed by atoms with E-state index < -0.39 is 15.6 Å². The molecule has 3 atom stereocenters. The third-order valence-corrected chi connectivity index (χ3v) is 7.71. The third kappa shape index (κ3) is 3.30. The summed E-state index contributed by atoms with van der Waals surface area (Å²) in [5.74, 6) is -0.124. The van der Waals surface area contributed by atoms with Gasteiger partial charge in [0.05, 0.1) is 22.6 Å². The number of hydrogen-bond donors (Lipinski definition) is 0. The molecular formula is C20H30N2O4S. The topological polar surface area (TPSA) is 66.9 Å². The van der Waals surface area contributed by atoms with Gasteiger partial charge in [-0.3, -0.25) is 9.63 Å². The predicted molar refractivity (Wildman–Crippen MR) is 103 cm³/mol. The second-order valence-electron chi connectivity index (χ2n) is 8.49. The lowest BCUT2D eigenvalue weighted by Gasteiger charge is -2.34. The standard InChI is InChI=1S/C20H30N2O4S/c1-7-17(23)22-19-16(20(5,6)26-22)12-21(18(19)13(2)3)27(24,25)15-10-8-14(4)9-11-15/h8-11,13,16,18-19H,7,12H2,1-6H3/t16-,18+,19-/m1/s1. The molecule has 0 aromatic heterocycles. The molecule has 2 fully saturated rings. The molecule has 7 heteroatoms. The minimum atomic E-state index is -3.66. The zero-order chi connectivity index (χ0) is 20.1. The zero-order valence-corrected chi connectivity index (χ0v) is 17.8. The second-order valence-corrected chi connectivity index (χ2v) is 10.4. The van der Waals surface area contributed by atoms with Crippen LogP contribution >= 0.6 is 0 Å².